The number of hydrogen-bond donors (Lipinski definition) is 6. The number of imide groups is 2. The van der Waals surface area contributed by atoms with E-state index in [-0.39, 0.29) is 68.1 Å². The van der Waals surface area contributed by atoms with Gasteiger partial charge in [-0.1, -0.05) is 90.1 Å². The first kappa shape index (κ1) is 51.6. The Morgan fingerprint density at radius 3 is 1.47 bits per heavy atom. The predicted molar refractivity (Wildman–Crippen MR) is 250 cm³/mol. The van der Waals surface area contributed by atoms with Crippen molar-refractivity contribution in [3.63, 3.8) is 0 Å². The number of aliphatic hydroxyl groups is 2. The lowest BCUT2D eigenvalue weighted by Gasteiger charge is -2.30. The summed E-state index contributed by atoms with van der Waals surface area (Å²) in [6.07, 6.45) is -5.84. The molecule has 8 amide bonds. The number of carbonyl (C=O) groups is 8. The Balaban J connectivity index is 0.000000208. The zero-order valence-electron chi connectivity index (χ0n) is 39.2. The molecule has 4 aliphatic rings. The van der Waals surface area contributed by atoms with Crippen LogP contribution in [0.4, 0.5) is 13.2 Å². The van der Waals surface area contributed by atoms with E-state index in [4.69, 9.17) is 0 Å². The number of fused-ring (bicyclic) bond motifs is 2. The molecule has 6 heterocycles. The fourth-order valence-corrected chi connectivity index (χ4v) is 10.6. The molecule has 0 saturated carbocycles. The third-order valence-electron chi connectivity index (χ3n) is 12.9. The summed E-state index contributed by atoms with van der Waals surface area (Å²) in [5.41, 5.74) is -0.311. The quantitative estimate of drug-likeness (QED) is 0.116. The fraction of sp³-hybridized carbons (Fsp3) is 0.429. The number of aliphatic hydroxyl groups excluding tert-OH is 1. The van der Waals surface area contributed by atoms with E-state index in [0.29, 0.717) is 33.6 Å². The van der Waals surface area contributed by atoms with Gasteiger partial charge < -0.3 is 30.6 Å². The van der Waals surface area contributed by atoms with Crippen LogP contribution >= 0.6 is 22.7 Å². The van der Waals surface area contributed by atoms with Crippen molar-refractivity contribution >= 4 is 69.9 Å². The van der Waals surface area contributed by atoms with Crippen molar-refractivity contribution in [3.8, 4) is 0 Å². The number of hydrogen-bond acceptors (Lipinski definition) is 12. The number of amides is 8. The van der Waals surface area contributed by atoms with Crippen molar-refractivity contribution in [1.82, 2.24) is 31.1 Å². The van der Waals surface area contributed by atoms with Crippen LogP contribution in [0, 0.1) is 0 Å². The Kier molecular flexibility index (Phi) is 14.4. The van der Waals surface area contributed by atoms with Crippen LogP contribution in [0.1, 0.15) is 137 Å². The summed E-state index contributed by atoms with van der Waals surface area (Å²) in [7, 11) is 0. The Morgan fingerprint density at radius 1 is 0.671 bits per heavy atom. The summed E-state index contributed by atoms with van der Waals surface area (Å²) < 4.78 is 42.0. The van der Waals surface area contributed by atoms with E-state index >= 15 is 0 Å². The molecule has 6 N–H and O–H groups in total. The highest BCUT2D eigenvalue weighted by Gasteiger charge is 2.61. The van der Waals surface area contributed by atoms with Crippen molar-refractivity contribution in [2.24, 2.45) is 0 Å². The van der Waals surface area contributed by atoms with Crippen LogP contribution in [0.5, 0.6) is 0 Å². The number of nitrogens with one attached hydrogen (secondary N) is 4. The third kappa shape index (κ3) is 10.3. The van der Waals surface area contributed by atoms with Gasteiger partial charge in [0, 0.05) is 52.0 Å². The van der Waals surface area contributed by atoms with Crippen molar-refractivity contribution in [1.29, 1.82) is 0 Å². The van der Waals surface area contributed by atoms with Crippen LogP contribution in [0.3, 0.4) is 0 Å². The number of piperidine rings is 2. The average molecular weight is 1010 g/mol. The molecule has 2 aromatic carbocycles. The van der Waals surface area contributed by atoms with Crippen LogP contribution in [0.15, 0.2) is 59.3 Å². The second kappa shape index (κ2) is 19.5. The number of benzene rings is 2. The summed E-state index contributed by atoms with van der Waals surface area (Å²) in [6.45, 7) is 12.0. The van der Waals surface area contributed by atoms with Gasteiger partial charge in [0.1, 0.15) is 12.1 Å². The van der Waals surface area contributed by atoms with Gasteiger partial charge in [-0.25, -0.2) is 0 Å². The molecule has 21 heteroatoms. The summed E-state index contributed by atoms with van der Waals surface area (Å²) in [6, 6.07) is 10.9. The van der Waals surface area contributed by atoms with E-state index in [1.165, 1.54) is 38.6 Å². The van der Waals surface area contributed by atoms with E-state index in [9.17, 15) is 61.7 Å². The second-order valence-corrected chi connectivity index (χ2v) is 21.5. The number of rotatable bonds is 10. The number of carbonyl (C=O) groups excluding carboxylic acids is 8. The molecule has 2 aromatic heterocycles. The maximum Gasteiger partial charge on any atom is 0.430 e. The SMILES string of the molecule is CC(C)(C)c1ccc(C(O)(C(=O)NCc2scc3c2CN(C2CCC(=O)NC2=O)C3=O)C(F)(F)F)cc1.CC(C)(C)c1ccc(C(O)C(=O)NCc2scc3c2CN(C2CCC(=O)NC2=O)C3=O)cc1. The van der Waals surface area contributed by atoms with Gasteiger partial charge in [-0.15, -0.1) is 22.7 Å². The maximum absolute atomic E-state index is 14.0. The minimum atomic E-state index is -5.30. The Labute approximate surface area is 409 Å². The average Bonchev–Trinajstić information content (AvgIpc) is 4.06. The predicted octanol–water partition coefficient (Wildman–Crippen LogP) is 5.03. The molecule has 16 nitrogen and oxygen atoms in total. The van der Waals surface area contributed by atoms with Gasteiger partial charge in [-0.05, 0) is 51.5 Å². The number of alkyl halides is 3. The Bertz CT molecular complexity index is 2760. The summed E-state index contributed by atoms with van der Waals surface area (Å²) in [5.74, 6) is -4.62. The summed E-state index contributed by atoms with van der Waals surface area (Å²) >= 11 is 2.45. The Morgan fingerprint density at radius 2 is 1.07 bits per heavy atom. The molecule has 70 heavy (non-hydrogen) atoms. The smallest absolute Gasteiger partial charge is 0.378 e. The molecule has 0 bridgehead atoms. The van der Waals surface area contributed by atoms with Gasteiger partial charge in [0.05, 0.1) is 24.2 Å². The van der Waals surface area contributed by atoms with Crippen LogP contribution in [-0.2, 0) is 71.4 Å². The van der Waals surface area contributed by atoms with E-state index < -0.39 is 71.0 Å². The van der Waals surface area contributed by atoms with Gasteiger partial charge in [0.2, 0.25) is 23.6 Å². The van der Waals surface area contributed by atoms with Crippen molar-refractivity contribution in [2.45, 2.75) is 134 Å². The summed E-state index contributed by atoms with van der Waals surface area (Å²) in [5, 5.41) is 33.8. The Hall–Kier alpha value is -6.29. The molecule has 4 aromatic rings. The van der Waals surface area contributed by atoms with Gasteiger partial charge in [-0.3, -0.25) is 49.0 Å². The molecule has 0 spiro atoms. The largest absolute Gasteiger partial charge is 0.430 e. The van der Waals surface area contributed by atoms with Gasteiger partial charge >= 0.3 is 6.18 Å². The topological polar surface area (TPSA) is 232 Å². The molecule has 2 fully saturated rings. The third-order valence-corrected chi connectivity index (χ3v) is 14.9. The first-order chi connectivity index (χ1) is 32.7. The lowest BCUT2D eigenvalue weighted by molar-refractivity contribution is -0.257. The van der Waals surface area contributed by atoms with Gasteiger partial charge in [0.15, 0.2) is 6.10 Å². The lowest BCUT2D eigenvalue weighted by Crippen LogP contribution is -2.54. The minimum Gasteiger partial charge on any atom is -0.378 e. The molecule has 4 aliphatic heterocycles. The summed E-state index contributed by atoms with van der Waals surface area (Å²) in [4.78, 5) is 102. The van der Waals surface area contributed by atoms with E-state index in [1.54, 1.807) is 17.5 Å². The van der Waals surface area contributed by atoms with E-state index in [2.05, 4.69) is 42.0 Å². The van der Waals surface area contributed by atoms with Crippen LogP contribution in [-0.4, -0.2) is 85.5 Å². The molecule has 4 unspecified atom stereocenters. The highest BCUT2D eigenvalue weighted by Crippen LogP contribution is 2.41. The normalized spacial score (nSPS) is 19.6. The molecule has 372 valence electrons. The number of halogens is 3. The maximum atomic E-state index is 14.0. The van der Waals surface area contributed by atoms with Crippen molar-refractivity contribution in [3.05, 3.63) is 114 Å². The van der Waals surface area contributed by atoms with Crippen LogP contribution < -0.4 is 21.3 Å². The molecule has 8 rings (SSSR count). The molecular formula is C49H53F3N6O10S2. The molecule has 4 atom stereocenters. The van der Waals surface area contributed by atoms with Crippen LogP contribution in [0.25, 0.3) is 0 Å². The number of thiophene rings is 2. The molecule has 0 radical (unpaired) electrons. The minimum absolute atomic E-state index is 0.0208. The standard InChI is InChI=1S/C25H26F3N3O5S.C24H27N3O5S/c1-23(2,3)13-4-6-14(7-5-13)24(36,25(26,27)28)22(35)29-10-18-15-11-31(21(34)16(15)12-37-18)17-8-9-19(32)30-20(17)33;1-24(2,3)14-6-4-13(5-7-14)20(29)22(31)25-10-18-15-11-27(23(32)16(15)12-33-18)17-8-9-19(28)26-21(17)30/h4-7,12,17,36H,8-11H2,1-3H3,(H,29,35)(H,30,32,33);4-7,12,17,20,29H,8-11H2,1-3H3,(H,25,31)(H,26,28,30). The van der Waals surface area contributed by atoms with Gasteiger partial charge in [-0.2, -0.15) is 13.2 Å². The molecule has 0 aliphatic carbocycles. The first-order valence-corrected chi connectivity index (χ1v) is 24.2. The van der Waals surface area contributed by atoms with Crippen LogP contribution in [0.2, 0.25) is 0 Å². The second-order valence-electron chi connectivity index (χ2n) is 19.6. The number of nitrogens with zero attached hydrogens (tertiary/aromatic N) is 2. The lowest BCUT2D eigenvalue weighted by atomic mass is 9.84. The fourth-order valence-electron chi connectivity index (χ4n) is 8.61. The monoisotopic (exact) mass is 1010 g/mol. The zero-order valence-corrected chi connectivity index (χ0v) is 40.8. The van der Waals surface area contributed by atoms with Crippen molar-refractivity contribution < 1.29 is 61.7 Å². The highest BCUT2D eigenvalue weighted by molar-refractivity contribution is 7.10. The molecule has 2 saturated heterocycles. The van der Waals surface area contributed by atoms with Crippen molar-refractivity contribution in [2.75, 3.05) is 0 Å². The highest BCUT2D eigenvalue weighted by atomic mass is 32.1. The van der Waals surface area contributed by atoms with E-state index in [0.717, 1.165) is 45.0 Å². The zero-order chi connectivity index (χ0) is 51.2. The molecular weight excluding hydrogens is 954 g/mol. The van der Waals surface area contributed by atoms with Gasteiger partial charge in [0.25, 0.3) is 29.2 Å². The van der Waals surface area contributed by atoms with E-state index in [1.807, 2.05) is 32.9 Å². The first-order valence-electron chi connectivity index (χ1n) is 22.4.